The smallest absolute Gasteiger partial charge is 0.293 e. The molecule has 0 spiro atoms. The number of halogens is 1. The Balaban J connectivity index is 0.990. The van der Waals surface area contributed by atoms with Gasteiger partial charge < -0.3 is 29.7 Å². The third-order valence-corrected chi connectivity index (χ3v) is 11.0. The second-order valence-electron chi connectivity index (χ2n) is 13.9. The van der Waals surface area contributed by atoms with E-state index in [1.165, 1.54) is 11.6 Å². The van der Waals surface area contributed by atoms with Gasteiger partial charge in [-0.3, -0.25) is 29.2 Å². The van der Waals surface area contributed by atoms with Crippen molar-refractivity contribution >= 4 is 74.3 Å². The third-order valence-electron chi connectivity index (χ3n) is 10.7. The number of rotatable bonds is 8. The summed E-state index contributed by atoms with van der Waals surface area (Å²) in [5.41, 5.74) is 3.86. The van der Waals surface area contributed by atoms with Gasteiger partial charge in [-0.05, 0) is 55.0 Å². The highest BCUT2D eigenvalue weighted by Crippen LogP contribution is 2.40. The quantitative estimate of drug-likeness (QED) is 0.200. The Morgan fingerprint density at radius 3 is 2.66 bits per heavy atom. The first-order valence-electron chi connectivity index (χ1n) is 17.6. The van der Waals surface area contributed by atoms with E-state index < -0.39 is 5.92 Å². The van der Waals surface area contributed by atoms with Crippen LogP contribution < -0.4 is 36.0 Å². The molecule has 3 fully saturated rings. The molecule has 3 aliphatic heterocycles. The van der Waals surface area contributed by atoms with Gasteiger partial charge in [0.2, 0.25) is 17.8 Å². The molecule has 8 rings (SSSR count). The van der Waals surface area contributed by atoms with Crippen LogP contribution in [0, 0.1) is 11.8 Å². The molecule has 0 saturated carbocycles. The van der Waals surface area contributed by atoms with Crippen molar-refractivity contribution in [2.45, 2.75) is 25.2 Å². The van der Waals surface area contributed by atoms with Gasteiger partial charge in [-0.1, -0.05) is 23.7 Å². The largest absolute Gasteiger partial charge is 0.478 e. The average molecular weight is 739 g/mol. The number of hydrogen-bond donors (Lipinski definition) is 3. The van der Waals surface area contributed by atoms with Crippen LogP contribution in [-0.2, 0) is 28.5 Å². The molecule has 0 bridgehead atoms. The Labute approximate surface area is 309 Å². The predicted molar refractivity (Wildman–Crippen MR) is 201 cm³/mol. The number of amides is 3. The van der Waals surface area contributed by atoms with Crippen LogP contribution in [-0.4, -0.2) is 81.9 Å². The number of nitrogens with zero attached hydrogens (tertiary/aromatic N) is 7. The van der Waals surface area contributed by atoms with Gasteiger partial charge in [-0.25, -0.2) is 4.98 Å². The molecule has 3 amide bonds. The van der Waals surface area contributed by atoms with Crippen molar-refractivity contribution in [3.05, 3.63) is 69.7 Å². The van der Waals surface area contributed by atoms with Crippen molar-refractivity contribution < 1.29 is 19.1 Å². The Kier molecular flexibility index (Phi) is 8.88. The van der Waals surface area contributed by atoms with Crippen molar-refractivity contribution in [3.63, 3.8) is 0 Å². The maximum Gasteiger partial charge on any atom is 0.293 e. The van der Waals surface area contributed by atoms with E-state index >= 15 is 0 Å². The number of carbonyl (C=O) groups is 3. The number of imide groups is 1. The fourth-order valence-corrected chi connectivity index (χ4v) is 8.08. The lowest BCUT2D eigenvalue weighted by atomic mass is 9.89. The highest BCUT2D eigenvalue weighted by molar-refractivity contribution is 6.33. The van der Waals surface area contributed by atoms with Crippen molar-refractivity contribution in [1.82, 2.24) is 34.9 Å². The number of fused-ring (bicyclic) bond motifs is 3. The fraction of sp³-hybridized carbons (Fsp3) is 0.378. The summed E-state index contributed by atoms with van der Waals surface area (Å²) in [4.78, 5) is 63.1. The molecular weight excluding hydrogens is 700 g/mol. The number of aromatic nitrogens is 5. The third kappa shape index (κ3) is 6.38. The molecule has 3 atom stereocenters. The van der Waals surface area contributed by atoms with Crippen LogP contribution in [0.3, 0.4) is 0 Å². The molecule has 3 saturated heterocycles. The molecule has 3 N–H and O–H groups in total. The maximum absolute atomic E-state index is 12.8. The second kappa shape index (κ2) is 13.7. The number of likely N-dealkylation sites (N-methyl/N-ethyl adjacent to an activating group) is 1. The molecule has 274 valence electrons. The molecule has 15 nitrogen and oxygen atoms in total. The number of benzene rings is 2. The Morgan fingerprint density at radius 1 is 1.04 bits per heavy atom. The summed E-state index contributed by atoms with van der Waals surface area (Å²) < 4.78 is 8.86. The van der Waals surface area contributed by atoms with Crippen molar-refractivity contribution in [2.24, 2.45) is 25.9 Å². The van der Waals surface area contributed by atoms with E-state index in [9.17, 15) is 19.2 Å². The maximum atomic E-state index is 12.8. The number of pyridine rings is 1. The summed E-state index contributed by atoms with van der Waals surface area (Å²) >= 11 is 6.60. The number of piperidine rings is 2. The van der Waals surface area contributed by atoms with Crippen molar-refractivity contribution in [2.75, 3.05) is 55.0 Å². The summed E-state index contributed by atoms with van der Waals surface area (Å²) in [5, 5.41) is 15.1. The van der Waals surface area contributed by atoms with Crippen LogP contribution in [0.4, 0.5) is 23.1 Å². The summed E-state index contributed by atoms with van der Waals surface area (Å²) in [6.07, 6.45) is 3.35. The standard InChI is InChI=1S/C37H39ClN10O5/c1-39-31(50)19-53-29-14-21-13-23(7-9-27(21)45(2)36(29)52)41-34-26(38)15-40-37(43-34)47-12-11-20-16-48(18-22(20)17-47)28-6-4-5-24-32(44-46(3)33(24)28)25-8-10-30(49)42-35(25)51/h4-7,9,13-15,20,22,25H,8,10-12,16-19H2,1-3H3,(H,39,50)(H,40,41,43)(H,42,49,51). The zero-order valence-corrected chi connectivity index (χ0v) is 30.3. The number of para-hydroxylation sites is 1. The first-order chi connectivity index (χ1) is 25.6. The van der Waals surface area contributed by atoms with Gasteiger partial charge in [0.25, 0.3) is 11.5 Å². The predicted octanol–water partition coefficient (Wildman–Crippen LogP) is 3.22. The molecule has 6 heterocycles. The number of nitrogens with one attached hydrogen (secondary N) is 3. The summed E-state index contributed by atoms with van der Waals surface area (Å²) in [7, 11) is 5.08. The summed E-state index contributed by atoms with van der Waals surface area (Å²) in [6.45, 7) is 3.09. The Hall–Kier alpha value is -5.70. The van der Waals surface area contributed by atoms with Gasteiger partial charge in [-0.2, -0.15) is 10.1 Å². The van der Waals surface area contributed by atoms with Gasteiger partial charge in [0, 0.05) is 70.2 Å². The SMILES string of the molecule is CNC(=O)COc1cc2cc(Nc3nc(N4CCC5CN(c6cccc7c(C8CCC(=O)NC8=O)nn(C)c67)CC5C4)ncc3Cl)ccc2n(C)c1=O. The van der Waals surface area contributed by atoms with Crippen LogP contribution in [0.1, 0.15) is 30.9 Å². The first kappa shape index (κ1) is 34.4. The highest BCUT2D eigenvalue weighted by atomic mass is 35.5. The Bertz CT molecular complexity index is 2360. The van der Waals surface area contributed by atoms with Crippen LogP contribution in [0.5, 0.6) is 5.75 Å². The van der Waals surface area contributed by atoms with E-state index in [1.807, 2.05) is 42.1 Å². The van der Waals surface area contributed by atoms with Gasteiger partial charge in [0.1, 0.15) is 5.02 Å². The molecule has 3 aromatic heterocycles. The normalized spacial score (nSPS) is 20.1. The molecule has 16 heteroatoms. The lowest BCUT2D eigenvalue weighted by Crippen LogP contribution is -2.41. The summed E-state index contributed by atoms with van der Waals surface area (Å²) in [6, 6.07) is 13.3. The lowest BCUT2D eigenvalue weighted by Gasteiger charge is -2.34. The van der Waals surface area contributed by atoms with E-state index in [1.54, 1.807) is 19.3 Å². The fourth-order valence-electron chi connectivity index (χ4n) is 7.94. The second-order valence-corrected chi connectivity index (χ2v) is 14.4. The van der Waals surface area contributed by atoms with Gasteiger partial charge in [0.05, 0.1) is 34.5 Å². The lowest BCUT2D eigenvalue weighted by molar-refractivity contribution is -0.134. The molecule has 2 aromatic carbocycles. The van der Waals surface area contributed by atoms with E-state index in [0.717, 1.165) is 54.6 Å². The van der Waals surface area contributed by atoms with E-state index in [-0.39, 0.29) is 35.6 Å². The van der Waals surface area contributed by atoms with Crippen molar-refractivity contribution in [1.29, 1.82) is 0 Å². The molecular formula is C37H39ClN10O5. The minimum Gasteiger partial charge on any atom is -0.478 e. The summed E-state index contributed by atoms with van der Waals surface area (Å²) in [5.74, 6) is 0.682. The number of anilines is 4. The van der Waals surface area contributed by atoms with Crippen LogP contribution >= 0.6 is 11.6 Å². The number of carbonyl (C=O) groups excluding carboxylic acids is 3. The van der Waals surface area contributed by atoms with Gasteiger partial charge >= 0.3 is 0 Å². The topological polar surface area (TPSA) is 169 Å². The zero-order valence-electron chi connectivity index (χ0n) is 29.6. The number of ether oxygens (including phenoxy) is 1. The number of hydrogen-bond acceptors (Lipinski definition) is 11. The van der Waals surface area contributed by atoms with Crippen LogP contribution in [0.2, 0.25) is 5.02 Å². The first-order valence-corrected chi connectivity index (χ1v) is 18.0. The highest BCUT2D eigenvalue weighted by Gasteiger charge is 2.39. The van der Waals surface area contributed by atoms with E-state index in [2.05, 4.69) is 36.8 Å². The van der Waals surface area contributed by atoms with E-state index in [4.69, 9.17) is 26.4 Å². The van der Waals surface area contributed by atoms with Crippen molar-refractivity contribution in [3.8, 4) is 5.75 Å². The van der Waals surface area contributed by atoms with Crippen LogP contribution in [0.25, 0.3) is 21.8 Å². The minimum absolute atomic E-state index is 0.0750. The van der Waals surface area contributed by atoms with Crippen LogP contribution in [0.15, 0.2) is 53.5 Å². The molecule has 3 aliphatic rings. The van der Waals surface area contributed by atoms with E-state index in [0.29, 0.717) is 58.4 Å². The molecule has 5 aromatic rings. The molecule has 0 aliphatic carbocycles. The Morgan fingerprint density at radius 2 is 1.85 bits per heavy atom. The molecule has 0 radical (unpaired) electrons. The van der Waals surface area contributed by atoms with Gasteiger partial charge in [-0.15, -0.1) is 0 Å². The monoisotopic (exact) mass is 738 g/mol. The van der Waals surface area contributed by atoms with Gasteiger partial charge in [0.15, 0.2) is 18.2 Å². The molecule has 3 unspecified atom stereocenters. The minimum atomic E-state index is -0.453. The average Bonchev–Trinajstić information content (AvgIpc) is 3.73. The molecule has 53 heavy (non-hydrogen) atoms. The zero-order chi connectivity index (χ0) is 37.0. The number of aryl methyl sites for hydroxylation is 2.